The molecule has 0 heterocycles. The second kappa shape index (κ2) is 3.59. The van der Waals surface area contributed by atoms with Crippen LogP contribution in [0.5, 0.6) is 17.2 Å². The highest BCUT2D eigenvalue weighted by molar-refractivity contribution is 5.93. The van der Waals surface area contributed by atoms with Gasteiger partial charge in [0, 0.05) is 5.56 Å². The highest BCUT2D eigenvalue weighted by atomic mass is 16.4. The third-order valence-corrected chi connectivity index (χ3v) is 2.29. The smallest absolute Gasteiger partial charge is 0.339 e. The normalized spacial score (nSPS) is 11.4. The molecule has 1 rings (SSSR count). The van der Waals surface area contributed by atoms with E-state index < -0.39 is 34.2 Å². The molecule has 0 aliphatic heterocycles. The summed E-state index contributed by atoms with van der Waals surface area (Å²) in [4.78, 5) is 10.8. The summed E-state index contributed by atoms with van der Waals surface area (Å²) in [6, 6.07) is 1.16. The molecule has 5 heteroatoms. The van der Waals surface area contributed by atoms with E-state index in [1.807, 2.05) is 0 Å². The van der Waals surface area contributed by atoms with Gasteiger partial charge in [-0.15, -0.1) is 0 Å². The molecular formula is C11H14O5. The standard InChI is InChI=1S/C11H14O5/c1-11(2,3)6-4-5(10(15)16)7(12)9(14)8(6)13/h4,12-14H,1-3H3,(H,15,16). The minimum atomic E-state index is -1.36. The molecule has 0 fully saturated rings. The van der Waals surface area contributed by atoms with Crippen molar-refractivity contribution in [3.8, 4) is 17.2 Å². The largest absolute Gasteiger partial charge is 0.504 e. The van der Waals surface area contributed by atoms with Gasteiger partial charge in [-0.2, -0.15) is 0 Å². The SMILES string of the molecule is CC(C)(C)c1cc(C(=O)O)c(O)c(O)c1O. The van der Waals surface area contributed by atoms with E-state index in [0.29, 0.717) is 0 Å². The number of rotatable bonds is 1. The minimum Gasteiger partial charge on any atom is -0.504 e. The molecule has 0 aliphatic rings. The maximum Gasteiger partial charge on any atom is 0.339 e. The quantitative estimate of drug-likeness (QED) is 0.547. The number of phenols is 3. The fourth-order valence-electron chi connectivity index (χ4n) is 1.38. The van der Waals surface area contributed by atoms with Crippen LogP contribution in [0, 0.1) is 0 Å². The van der Waals surface area contributed by atoms with Gasteiger partial charge in [0.2, 0.25) is 5.75 Å². The van der Waals surface area contributed by atoms with E-state index in [-0.39, 0.29) is 5.56 Å². The summed E-state index contributed by atoms with van der Waals surface area (Å²) >= 11 is 0. The number of phenolic OH excluding ortho intramolecular Hbond substituents is 2. The highest BCUT2D eigenvalue weighted by Crippen LogP contribution is 2.44. The van der Waals surface area contributed by atoms with Crippen LogP contribution in [0.15, 0.2) is 6.07 Å². The van der Waals surface area contributed by atoms with E-state index in [1.54, 1.807) is 20.8 Å². The van der Waals surface area contributed by atoms with Crippen LogP contribution in [-0.4, -0.2) is 26.4 Å². The lowest BCUT2D eigenvalue weighted by Crippen LogP contribution is -2.13. The molecular weight excluding hydrogens is 212 g/mol. The molecule has 16 heavy (non-hydrogen) atoms. The Morgan fingerprint density at radius 2 is 1.56 bits per heavy atom. The Labute approximate surface area is 92.6 Å². The second-order valence-corrected chi connectivity index (χ2v) is 4.57. The molecule has 0 saturated carbocycles. The van der Waals surface area contributed by atoms with Crippen molar-refractivity contribution < 1.29 is 25.2 Å². The summed E-state index contributed by atoms with van der Waals surface area (Å²) in [6.45, 7) is 5.26. The Kier molecular flexibility index (Phi) is 2.73. The molecule has 0 bridgehead atoms. The molecule has 1 aromatic rings. The van der Waals surface area contributed by atoms with Gasteiger partial charge in [0.25, 0.3) is 0 Å². The van der Waals surface area contributed by atoms with Crippen molar-refractivity contribution in [3.63, 3.8) is 0 Å². The third kappa shape index (κ3) is 1.88. The predicted octanol–water partition coefficient (Wildman–Crippen LogP) is 1.80. The van der Waals surface area contributed by atoms with Crippen molar-refractivity contribution >= 4 is 5.97 Å². The molecule has 0 atom stereocenters. The molecule has 0 spiro atoms. The molecule has 0 radical (unpaired) electrons. The Bertz CT molecular complexity index is 443. The first-order chi connectivity index (χ1) is 7.16. The van der Waals surface area contributed by atoms with Gasteiger partial charge in [-0.1, -0.05) is 20.8 Å². The van der Waals surface area contributed by atoms with Crippen LogP contribution < -0.4 is 0 Å². The van der Waals surface area contributed by atoms with E-state index >= 15 is 0 Å². The van der Waals surface area contributed by atoms with E-state index in [2.05, 4.69) is 0 Å². The van der Waals surface area contributed by atoms with E-state index in [0.717, 1.165) is 6.07 Å². The van der Waals surface area contributed by atoms with Crippen LogP contribution in [0.2, 0.25) is 0 Å². The zero-order valence-corrected chi connectivity index (χ0v) is 9.27. The summed E-state index contributed by atoms with van der Waals surface area (Å²) in [5.41, 5.74) is -0.708. The van der Waals surface area contributed by atoms with Crippen LogP contribution in [0.4, 0.5) is 0 Å². The van der Waals surface area contributed by atoms with Crippen molar-refractivity contribution in [1.82, 2.24) is 0 Å². The summed E-state index contributed by atoms with van der Waals surface area (Å²) in [6.07, 6.45) is 0. The van der Waals surface area contributed by atoms with Gasteiger partial charge < -0.3 is 20.4 Å². The molecule has 0 unspecified atom stereocenters. The number of carboxylic acids is 1. The van der Waals surface area contributed by atoms with Crippen molar-refractivity contribution in [2.75, 3.05) is 0 Å². The van der Waals surface area contributed by atoms with Gasteiger partial charge in [0.15, 0.2) is 11.5 Å². The van der Waals surface area contributed by atoms with Crippen LogP contribution in [0.3, 0.4) is 0 Å². The molecule has 0 amide bonds. The maximum atomic E-state index is 10.8. The Balaban J connectivity index is 3.61. The first-order valence-electron chi connectivity index (χ1n) is 4.68. The van der Waals surface area contributed by atoms with E-state index in [4.69, 9.17) is 5.11 Å². The van der Waals surface area contributed by atoms with Gasteiger partial charge in [0.1, 0.15) is 5.56 Å². The van der Waals surface area contributed by atoms with Crippen LogP contribution >= 0.6 is 0 Å². The van der Waals surface area contributed by atoms with Crippen molar-refractivity contribution in [2.45, 2.75) is 26.2 Å². The summed E-state index contributed by atoms with van der Waals surface area (Å²) < 4.78 is 0. The predicted molar refractivity (Wildman–Crippen MR) is 57.1 cm³/mol. The summed E-state index contributed by atoms with van der Waals surface area (Å²) in [7, 11) is 0. The van der Waals surface area contributed by atoms with E-state index in [9.17, 15) is 20.1 Å². The number of aromatic hydroxyl groups is 3. The zero-order chi connectivity index (χ0) is 12.7. The monoisotopic (exact) mass is 226 g/mol. The van der Waals surface area contributed by atoms with Crippen molar-refractivity contribution in [1.29, 1.82) is 0 Å². The Morgan fingerprint density at radius 1 is 1.06 bits per heavy atom. The fourth-order valence-corrected chi connectivity index (χ4v) is 1.38. The average Bonchev–Trinajstić information content (AvgIpc) is 2.11. The lowest BCUT2D eigenvalue weighted by Gasteiger charge is -2.21. The first-order valence-corrected chi connectivity index (χ1v) is 4.68. The number of benzene rings is 1. The van der Waals surface area contributed by atoms with E-state index in [1.165, 1.54) is 0 Å². The van der Waals surface area contributed by atoms with Gasteiger partial charge in [0.05, 0.1) is 0 Å². The molecule has 88 valence electrons. The molecule has 0 aliphatic carbocycles. The lowest BCUT2D eigenvalue weighted by atomic mass is 9.85. The number of carbonyl (C=O) groups is 1. The van der Waals surface area contributed by atoms with Crippen LogP contribution in [0.25, 0.3) is 0 Å². The zero-order valence-electron chi connectivity index (χ0n) is 9.27. The highest BCUT2D eigenvalue weighted by Gasteiger charge is 2.26. The van der Waals surface area contributed by atoms with Crippen molar-refractivity contribution in [2.24, 2.45) is 0 Å². The van der Waals surface area contributed by atoms with Crippen LogP contribution in [-0.2, 0) is 5.41 Å². The van der Waals surface area contributed by atoms with Gasteiger partial charge in [-0.25, -0.2) is 4.79 Å². The van der Waals surface area contributed by atoms with Gasteiger partial charge in [-0.3, -0.25) is 0 Å². The topological polar surface area (TPSA) is 98.0 Å². The van der Waals surface area contributed by atoms with Gasteiger partial charge in [-0.05, 0) is 11.5 Å². The third-order valence-electron chi connectivity index (χ3n) is 2.29. The number of hydrogen-bond acceptors (Lipinski definition) is 4. The average molecular weight is 226 g/mol. The van der Waals surface area contributed by atoms with Gasteiger partial charge >= 0.3 is 5.97 Å². The molecule has 4 N–H and O–H groups in total. The lowest BCUT2D eigenvalue weighted by molar-refractivity contribution is 0.0692. The molecule has 5 nitrogen and oxygen atoms in total. The maximum absolute atomic E-state index is 10.8. The summed E-state index contributed by atoms with van der Waals surface area (Å²) in [5.74, 6) is -3.48. The second-order valence-electron chi connectivity index (χ2n) is 4.57. The number of aromatic carboxylic acids is 1. The first kappa shape index (κ1) is 12.2. The number of hydrogen-bond donors (Lipinski definition) is 4. The Hall–Kier alpha value is -1.91. The molecule has 0 saturated heterocycles. The fraction of sp³-hybridized carbons (Fsp3) is 0.364. The number of carboxylic acid groups (broad SMARTS) is 1. The minimum absolute atomic E-state index is 0.264. The van der Waals surface area contributed by atoms with Crippen molar-refractivity contribution in [3.05, 3.63) is 17.2 Å². The molecule has 1 aromatic carbocycles. The van der Waals surface area contributed by atoms with Crippen LogP contribution in [0.1, 0.15) is 36.7 Å². The summed E-state index contributed by atoms with van der Waals surface area (Å²) in [5, 5.41) is 37.2. The Morgan fingerprint density at radius 3 is 1.94 bits per heavy atom. The molecule has 0 aromatic heterocycles.